The largest absolute Gasteiger partial charge is 0.496 e. The van der Waals surface area contributed by atoms with E-state index in [1.54, 1.807) is 7.11 Å². The predicted molar refractivity (Wildman–Crippen MR) is 79.9 cm³/mol. The second-order valence-electron chi connectivity index (χ2n) is 4.67. The maximum absolute atomic E-state index is 5.58. The summed E-state index contributed by atoms with van der Waals surface area (Å²) in [6, 6.07) is 8.67. The first kappa shape index (κ1) is 16.0. The first-order chi connectivity index (χ1) is 9.31. The zero-order valence-electron chi connectivity index (χ0n) is 12.4. The van der Waals surface area contributed by atoms with Crippen molar-refractivity contribution < 1.29 is 9.47 Å². The highest BCUT2D eigenvalue weighted by Crippen LogP contribution is 2.19. The van der Waals surface area contributed by atoms with E-state index in [0.717, 1.165) is 44.8 Å². The number of nitrogens with one attached hydrogen (secondary N) is 1. The van der Waals surface area contributed by atoms with Gasteiger partial charge in [0.1, 0.15) is 5.75 Å². The van der Waals surface area contributed by atoms with Gasteiger partial charge in [-0.05, 0) is 37.4 Å². The summed E-state index contributed by atoms with van der Waals surface area (Å²) < 4.78 is 11.0. The van der Waals surface area contributed by atoms with Gasteiger partial charge in [0.05, 0.1) is 7.11 Å². The lowest BCUT2D eigenvalue weighted by Crippen LogP contribution is -2.32. The number of hydrogen-bond acceptors (Lipinski definition) is 3. The van der Waals surface area contributed by atoms with E-state index in [4.69, 9.17) is 9.47 Å². The molecule has 0 amide bonds. The highest BCUT2D eigenvalue weighted by atomic mass is 16.5. The van der Waals surface area contributed by atoms with E-state index in [0.29, 0.717) is 6.04 Å². The lowest BCUT2D eigenvalue weighted by Gasteiger charge is -2.19. The van der Waals surface area contributed by atoms with Crippen LogP contribution < -0.4 is 10.1 Å². The predicted octanol–water partition coefficient (Wildman–Crippen LogP) is 3.03. The molecule has 0 spiro atoms. The zero-order chi connectivity index (χ0) is 13.9. The van der Waals surface area contributed by atoms with Crippen molar-refractivity contribution in [1.29, 1.82) is 0 Å². The molecule has 0 saturated carbocycles. The summed E-state index contributed by atoms with van der Waals surface area (Å²) in [6.07, 6.45) is 3.09. The maximum Gasteiger partial charge on any atom is 0.122 e. The molecule has 0 heterocycles. The van der Waals surface area contributed by atoms with E-state index in [1.165, 1.54) is 5.56 Å². The molecule has 0 aliphatic rings. The van der Waals surface area contributed by atoms with E-state index in [2.05, 4.69) is 31.3 Å². The number of ether oxygens (including phenoxy) is 2. The van der Waals surface area contributed by atoms with Crippen molar-refractivity contribution in [3.05, 3.63) is 29.8 Å². The number of likely N-dealkylation sites (N-methyl/N-ethyl adjacent to an activating group) is 1. The fourth-order valence-electron chi connectivity index (χ4n) is 2.17. The van der Waals surface area contributed by atoms with Crippen LogP contribution in [0.1, 0.15) is 32.3 Å². The number of para-hydroxylation sites is 1. The molecule has 108 valence electrons. The first-order valence-corrected chi connectivity index (χ1v) is 7.24. The Balaban J connectivity index is 2.51. The van der Waals surface area contributed by atoms with Gasteiger partial charge in [-0.25, -0.2) is 0 Å². The van der Waals surface area contributed by atoms with Crippen LogP contribution in [-0.2, 0) is 11.2 Å². The summed E-state index contributed by atoms with van der Waals surface area (Å²) >= 11 is 0. The van der Waals surface area contributed by atoms with Gasteiger partial charge in [-0.1, -0.05) is 32.0 Å². The molecule has 0 aliphatic carbocycles. The molecule has 3 heteroatoms. The molecule has 3 nitrogen and oxygen atoms in total. The Labute approximate surface area is 117 Å². The van der Waals surface area contributed by atoms with Crippen molar-refractivity contribution in [2.75, 3.05) is 26.9 Å². The Kier molecular flexibility index (Phi) is 8.26. The molecule has 1 aromatic carbocycles. The van der Waals surface area contributed by atoms with Crippen molar-refractivity contribution >= 4 is 0 Å². The molecule has 0 aliphatic heterocycles. The van der Waals surface area contributed by atoms with Gasteiger partial charge in [0.2, 0.25) is 0 Å². The average Bonchev–Trinajstić information content (AvgIpc) is 2.44. The molecular weight excluding hydrogens is 238 g/mol. The Bertz CT molecular complexity index is 341. The van der Waals surface area contributed by atoms with Crippen LogP contribution >= 0.6 is 0 Å². The van der Waals surface area contributed by atoms with E-state index < -0.39 is 0 Å². The van der Waals surface area contributed by atoms with Gasteiger partial charge in [0.25, 0.3) is 0 Å². The molecular formula is C16H27NO2. The Morgan fingerprint density at radius 1 is 1.16 bits per heavy atom. The molecule has 0 saturated heterocycles. The standard InChI is InChI=1S/C16H27NO2/c1-4-11-19-12-10-15(17-5-2)13-14-8-6-7-9-16(14)18-3/h6-9,15,17H,4-5,10-13H2,1-3H3. The van der Waals surface area contributed by atoms with Crippen LogP contribution in [0.2, 0.25) is 0 Å². The highest BCUT2D eigenvalue weighted by molar-refractivity contribution is 5.33. The Morgan fingerprint density at radius 3 is 2.63 bits per heavy atom. The van der Waals surface area contributed by atoms with Crippen LogP contribution in [-0.4, -0.2) is 32.9 Å². The maximum atomic E-state index is 5.58. The Morgan fingerprint density at radius 2 is 1.95 bits per heavy atom. The van der Waals surface area contributed by atoms with E-state index in [-0.39, 0.29) is 0 Å². The molecule has 0 radical (unpaired) electrons. The van der Waals surface area contributed by atoms with Crippen LogP contribution in [0.25, 0.3) is 0 Å². The fraction of sp³-hybridized carbons (Fsp3) is 0.625. The molecule has 1 atom stereocenters. The van der Waals surface area contributed by atoms with Crippen LogP contribution in [0.4, 0.5) is 0 Å². The topological polar surface area (TPSA) is 30.5 Å². The smallest absolute Gasteiger partial charge is 0.122 e. The average molecular weight is 265 g/mol. The minimum absolute atomic E-state index is 0.443. The van der Waals surface area contributed by atoms with Crippen LogP contribution in [0.3, 0.4) is 0 Å². The Hall–Kier alpha value is -1.06. The molecule has 1 aromatic rings. The van der Waals surface area contributed by atoms with Crippen molar-refractivity contribution in [1.82, 2.24) is 5.32 Å². The number of hydrogen-bond donors (Lipinski definition) is 1. The summed E-state index contributed by atoms with van der Waals surface area (Å²) in [5.41, 5.74) is 1.26. The molecule has 19 heavy (non-hydrogen) atoms. The fourth-order valence-corrected chi connectivity index (χ4v) is 2.17. The summed E-state index contributed by atoms with van der Waals surface area (Å²) in [6.45, 7) is 6.93. The summed E-state index contributed by atoms with van der Waals surface area (Å²) in [4.78, 5) is 0. The molecule has 1 rings (SSSR count). The van der Waals surface area contributed by atoms with E-state index in [1.807, 2.05) is 12.1 Å². The van der Waals surface area contributed by atoms with Gasteiger partial charge in [0, 0.05) is 19.3 Å². The third kappa shape index (κ3) is 6.08. The number of benzene rings is 1. The lowest BCUT2D eigenvalue weighted by molar-refractivity contribution is 0.124. The van der Waals surface area contributed by atoms with Crippen molar-refractivity contribution in [2.24, 2.45) is 0 Å². The SMILES string of the molecule is CCCOCCC(Cc1ccccc1OC)NCC. The third-order valence-electron chi connectivity index (χ3n) is 3.11. The van der Waals surface area contributed by atoms with Crippen LogP contribution in [0, 0.1) is 0 Å². The van der Waals surface area contributed by atoms with Crippen molar-refractivity contribution in [2.45, 2.75) is 39.2 Å². The molecule has 0 aromatic heterocycles. The van der Waals surface area contributed by atoms with E-state index >= 15 is 0 Å². The quantitative estimate of drug-likeness (QED) is 0.660. The van der Waals surface area contributed by atoms with Crippen LogP contribution in [0.5, 0.6) is 5.75 Å². The van der Waals surface area contributed by atoms with Gasteiger partial charge in [0.15, 0.2) is 0 Å². The van der Waals surface area contributed by atoms with Crippen molar-refractivity contribution in [3.63, 3.8) is 0 Å². The molecule has 1 unspecified atom stereocenters. The minimum Gasteiger partial charge on any atom is -0.496 e. The van der Waals surface area contributed by atoms with Crippen LogP contribution in [0.15, 0.2) is 24.3 Å². The van der Waals surface area contributed by atoms with Gasteiger partial charge in [-0.15, -0.1) is 0 Å². The third-order valence-corrected chi connectivity index (χ3v) is 3.11. The zero-order valence-corrected chi connectivity index (χ0v) is 12.4. The first-order valence-electron chi connectivity index (χ1n) is 7.24. The van der Waals surface area contributed by atoms with Gasteiger partial charge >= 0.3 is 0 Å². The second-order valence-corrected chi connectivity index (χ2v) is 4.67. The number of rotatable bonds is 10. The summed E-state index contributed by atoms with van der Waals surface area (Å²) in [5.74, 6) is 0.972. The number of methoxy groups -OCH3 is 1. The van der Waals surface area contributed by atoms with Gasteiger partial charge in [-0.2, -0.15) is 0 Å². The molecule has 0 bridgehead atoms. The molecule has 0 fully saturated rings. The lowest BCUT2D eigenvalue weighted by atomic mass is 10.0. The normalized spacial score (nSPS) is 12.4. The van der Waals surface area contributed by atoms with Gasteiger partial charge < -0.3 is 14.8 Å². The van der Waals surface area contributed by atoms with Gasteiger partial charge in [-0.3, -0.25) is 0 Å². The minimum atomic E-state index is 0.443. The molecule has 1 N–H and O–H groups in total. The second kappa shape index (κ2) is 9.82. The highest BCUT2D eigenvalue weighted by Gasteiger charge is 2.11. The van der Waals surface area contributed by atoms with E-state index in [9.17, 15) is 0 Å². The summed E-state index contributed by atoms with van der Waals surface area (Å²) in [5, 5.41) is 3.52. The van der Waals surface area contributed by atoms with Crippen molar-refractivity contribution in [3.8, 4) is 5.75 Å². The summed E-state index contributed by atoms with van der Waals surface area (Å²) in [7, 11) is 1.73. The monoisotopic (exact) mass is 265 g/mol.